The molecule has 0 radical (unpaired) electrons. The van der Waals surface area contributed by atoms with Gasteiger partial charge in [-0.15, -0.1) is 0 Å². The lowest BCUT2D eigenvalue weighted by Gasteiger charge is -2.36. The maximum Gasteiger partial charge on any atom is 0.145 e. The molecule has 0 spiro atoms. The summed E-state index contributed by atoms with van der Waals surface area (Å²) in [5.41, 5.74) is 5.62. The topological polar surface area (TPSA) is 46.5 Å². The van der Waals surface area contributed by atoms with Crippen LogP contribution in [0.2, 0.25) is 0 Å². The summed E-state index contributed by atoms with van der Waals surface area (Å²) in [4.78, 5) is 10.6. The number of benzene rings is 1. The van der Waals surface area contributed by atoms with Gasteiger partial charge in [0.15, 0.2) is 0 Å². The van der Waals surface area contributed by atoms with Crippen molar-refractivity contribution >= 4 is 6.29 Å². The smallest absolute Gasteiger partial charge is 0.145 e. The van der Waals surface area contributed by atoms with Crippen molar-refractivity contribution in [2.75, 3.05) is 0 Å². The van der Waals surface area contributed by atoms with E-state index in [0.717, 1.165) is 80.1 Å². The Morgan fingerprint density at radius 1 is 1.07 bits per heavy atom. The second-order valence-corrected chi connectivity index (χ2v) is 9.09. The van der Waals surface area contributed by atoms with Gasteiger partial charge in [-0.3, -0.25) is 4.79 Å². The van der Waals surface area contributed by atoms with Gasteiger partial charge in [-0.25, -0.2) is 0 Å². The first-order valence-corrected chi connectivity index (χ1v) is 11.2. The molecule has 0 saturated heterocycles. The second kappa shape index (κ2) is 11.2. The standard InChI is InChI=1S/C27H38O3/c1-20(11-7-12-22(3)19-28)9-6-10-21(2)13-8-15-27(5)16-14-24-18-25(29)17-23(4)26(24)30-27/h9,12-13,17-19,29H,6-8,10-11,14-16H2,1-5H3/b20-9+,21-13+,22-12+. The van der Waals surface area contributed by atoms with E-state index in [-0.39, 0.29) is 5.60 Å². The van der Waals surface area contributed by atoms with E-state index < -0.39 is 0 Å². The fourth-order valence-corrected chi connectivity index (χ4v) is 3.98. The number of aromatic hydroxyl groups is 1. The molecule has 2 rings (SSSR count). The summed E-state index contributed by atoms with van der Waals surface area (Å²) in [6.07, 6.45) is 15.6. The molecule has 1 N–H and O–H groups in total. The number of ether oxygens (including phenoxy) is 1. The van der Waals surface area contributed by atoms with Gasteiger partial charge in [0.1, 0.15) is 23.4 Å². The maximum atomic E-state index is 10.6. The molecule has 0 amide bonds. The van der Waals surface area contributed by atoms with E-state index >= 15 is 0 Å². The predicted octanol–water partition coefficient (Wildman–Crippen LogP) is 7.16. The summed E-state index contributed by atoms with van der Waals surface area (Å²) in [6.45, 7) is 10.4. The Balaban J connectivity index is 1.78. The molecule has 1 atom stereocenters. The molecule has 30 heavy (non-hydrogen) atoms. The first-order valence-electron chi connectivity index (χ1n) is 11.2. The molecule has 0 fully saturated rings. The Labute approximate surface area is 182 Å². The number of fused-ring (bicyclic) bond motifs is 1. The average molecular weight is 411 g/mol. The van der Waals surface area contributed by atoms with Gasteiger partial charge in [0.05, 0.1) is 0 Å². The van der Waals surface area contributed by atoms with Crippen molar-refractivity contribution in [2.24, 2.45) is 0 Å². The summed E-state index contributed by atoms with van der Waals surface area (Å²) in [5.74, 6) is 1.29. The highest BCUT2D eigenvalue weighted by Gasteiger charge is 2.31. The zero-order valence-electron chi connectivity index (χ0n) is 19.4. The van der Waals surface area contributed by atoms with Gasteiger partial charge in [0.25, 0.3) is 0 Å². The first kappa shape index (κ1) is 24.0. The number of carbonyl (C=O) groups excluding carboxylic acids is 1. The van der Waals surface area contributed by atoms with E-state index in [9.17, 15) is 9.90 Å². The molecule has 1 heterocycles. The third-order valence-corrected chi connectivity index (χ3v) is 6.00. The number of hydrogen-bond acceptors (Lipinski definition) is 3. The molecular weight excluding hydrogens is 372 g/mol. The summed E-state index contributed by atoms with van der Waals surface area (Å²) >= 11 is 0. The number of aryl methyl sites for hydroxylation is 2. The number of carbonyl (C=O) groups is 1. The molecule has 1 aliphatic heterocycles. The van der Waals surface area contributed by atoms with Gasteiger partial charge in [-0.1, -0.05) is 29.4 Å². The van der Waals surface area contributed by atoms with Crippen molar-refractivity contribution in [3.05, 3.63) is 58.2 Å². The molecule has 0 saturated carbocycles. The average Bonchev–Trinajstić information content (AvgIpc) is 2.68. The van der Waals surface area contributed by atoms with Gasteiger partial charge in [0.2, 0.25) is 0 Å². The molecule has 1 unspecified atom stereocenters. The summed E-state index contributed by atoms with van der Waals surface area (Å²) in [7, 11) is 0. The predicted molar refractivity (Wildman–Crippen MR) is 125 cm³/mol. The first-order chi connectivity index (χ1) is 14.2. The van der Waals surface area contributed by atoms with E-state index in [0.29, 0.717) is 5.75 Å². The zero-order chi connectivity index (χ0) is 22.1. The molecule has 1 aliphatic rings. The third kappa shape index (κ3) is 7.51. The monoisotopic (exact) mass is 410 g/mol. The Hall–Kier alpha value is -2.29. The third-order valence-electron chi connectivity index (χ3n) is 6.00. The number of hydrogen-bond donors (Lipinski definition) is 1. The fraction of sp³-hybridized carbons (Fsp3) is 0.519. The molecule has 0 aromatic heterocycles. The minimum absolute atomic E-state index is 0.144. The lowest BCUT2D eigenvalue weighted by atomic mass is 9.87. The number of rotatable bonds is 10. The highest BCUT2D eigenvalue weighted by atomic mass is 16.5. The molecule has 1 aromatic rings. The van der Waals surface area contributed by atoms with Crippen LogP contribution >= 0.6 is 0 Å². The van der Waals surface area contributed by atoms with Gasteiger partial charge < -0.3 is 9.84 Å². The maximum absolute atomic E-state index is 10.6. The van der Waals surface area contributed by atoms with Gasteiger partial charge in [-0.05, 0) is 115 Å². The zero-order valence-corrected chi connectivity index (χ0v) is 19.4. The molecule has 3 nitrogen and oxygen atoms in total. The van der Waals surface area contributed by atoms with Crippen LogP contribution in [-0.2, 0) is 11.2 Å². The summed E-state index contributed by atoms with van der Waals surface area (Å²) < 4.78 is 6.39. The Morgan fingerprint density at radius 2 is 1.70 bits per heavy atom. The molecule has 3 heteroatoms. The van der Waals surface area contributed by atoms with Crippen LogP contribution in [0.3, 0.4) is 0 Å². The van der Waals surface area contributed by atoms with Gasteiger partial charge >= 0.3 is 0 Å². The molecule has 1 aromatic carbocycles. The van der Waals surface area contributed by atoms with Gasteiger partial charge in [-0.2, -0.15) is 0 Å². The molecule has 0 bridgehead atoms. The Kier molecular flexibility index (Phi) is 8.95. The van der Waals surface area contributed by atoms with E-state index in [1.807, 2.05) is 26.0 Å². The number of phenols is 1. The van der Waals surface area contributed by atoms with Crippen LogP contribution in [0.5, 0.6) is 11.5 Å². The minimum atomic E-state index is -0.144. The van der Waals surface area contributed by atoms with Crippen molar-refractivity contribution in [2.45, 2.75) is 91.6 Å². The van der Waals surface area contributed by atoms with Crippen LogP contribution in [0.25, 0.3) is 0 Å². The minimum Gasteiger partial charge on any atom is -0.508 e. The number of phenolic OH excluding ortho intramolecular Hbond substituents is 1. The second-order valence-electron chi connectivity index (χ2n) is 9.09. The highest BCUT2D eigenvalue weighted by Crippen LogP contribution is 2.39. The number of allylic oxidation sites excluding steroid dienone is 6. The normalized spacial score (nSPS) is 20.0. The van der Waals surface area contributed by atoms with Crippen LogP contribution in [-0.4, -0.2) is 17.0 Å². The van der Waals surface area contributed by atoms with Crippen LogP contribution in [0.4, 0.5) is 0 Å². The highest BCUT2D eigenvalue weighted by molar-refractivity contribution is 5.71. The Morgan fingerprint density at radius 3 is 2.37 bits per heavy atom. The summed E-state index contributed by atoms with van der Waals surface area (Å²) in [5, 5.41) is 9.80. The van der Waals surface area contributed by atoms with E-state index in [1.54, 1.807) is 6.07 Å². The molecular formula is C27H38O3. The largest absolute Gasteiger partial charge is 0.508 e. The van der Waals surface area contributed by atoms with Crippen molar-refractivity contribution in [3.63, 3.8) is 0 Å². The molecule has 164 valence electrons. The van der Waals surface area contributed by atoms with Crippen LogP contribution in [0.15, 0.2) is 47.1 Å². The van der Waals surface area contributed by atoms with Crippen molar-refractivity contribution in [3.8, 4) is 11.5 Å². The quantitative estimate of drug-likeness (QED) is 0.253. The SMILES string of the molecule is C/C(C=O)=C\CC/C(C)=C/CC/C(C)=C/CCC1(C)CCc2cc(O)cc(C)c2O1. The van der Waals surface area contributed by atoms with E-state index in [1.165, 1.54) is 11.1 Å². The van der Waals surface area contributed by atoms with Crippen molar-refractivity contribution < 1.29 is 14.6 Å². The Bertz CT molecular complexity index is 829. The van der Waals surface area contributed by atoms with E-state index in [2.05, 4.69) is 32.9 Å². The van der Waals surface area contributed by atoms with E-state index in [4.69, 9.17) is 4.74 Å². The number of aldehydes is 1. The van der Waals surface area contributed by atoms with Crippen molar-refractivity contribution in [1.29, 1.82) is 0 Å². The van der Waals surface area contributed by atoms with Gasteiger partial charge in [0, 0.05) is 0 Å². The van der Waals surface area contributed by atoms with Crippen LogP contribution in [0.1, 0.15) is 83.8 Å². The molecule has 0 aliphatic carbocycles. The van der Waals surface area contributed by atoms with Crippen LogP contribution < -0.4 is 4.74 Å². The fourth-order valence-electron chi connectivity index (χ4n) is 3.98. The van der Waals surface area contributed by atoms with Crippen molar-refractivity contribution in [1.82, 2.24) is 0 Å². The van der Waals surface area contributed by atoms with Crippen LogP contribution in [0, 0.1) is 6.92 Å². The lowest BCUT2D eigenvalue weighted by molar-refractivity contribution is -0.104. The summed E-state index contributed by atoms with van der Waals surface area (Å²) in [6, 6.07) is 3.62. The lowest BCUT2D eigenvalue weighted by Crippen LogP contribution is -2.36.